The molecule has 3 aromatic carbocycles. The van der Waals surface area contributed by atoms with Gasteiger partial charge in [-0.05, 0) is 40.9 Å². The summed E-state index contributed by atoms with van der Waals surface area (Å²) in [5.41, 5.74) is 3.78. The number of halogens is 2. The summed E-state index contributed by atoms with van der Waals surface area (Å²) < 4.78 is 59.8. The number of benzene rings is 3. The molecule has 1 unspecified atom stereocenters. The molecule has 0 aliphatic rings. The fourth-order valence-corrected chi connectivity index (χ4v) is 2.74. The zero-order valence-electron chi connectivity index (χ0n) is 16.4. The summed E-state index contributed by atoms with van der Waals surface area (Å²) in [4.78, 5) is 12.9. The maximum atomic E-state index is 14.1. The number of carbonyl (C=O) groups excluding carboxylic acids is 1. The van der Waals surface area contributed by atoms with Gasteiger partial charge in [0.05, 0.1) is 5.48 Å². The first-order chi connectivity index (χ1) is 13.2. The minimum absolute atomic E-state index is 0.139. The molecule has 0 aliphatic heterocycles. The molecule has 0 radical (unpaired) electrons. The van der Waals surface area contributed by atoms with E-state index in [4.69, 9.17) is 11.2 Å². The van der Waals surface area contributed by atoms with Crippen LogP contribution in [-0.2, 0) is 10.2 Å². The van der Waals surface area contributed by atoms with E-state index in [0.717, 1.165) is 12.1 Å². The number of hydrogen-bond acceptors (Lipinski definition) is 1. The van der Waals surface area contributed by atoms with Crippen LogP contribution >= 0.6 is 0 Å². The molecule has 0 bridgehead atoms. The fourth-order valence-electron chi connectivity index (χ4n) is 2.74. The third-order valence-corrected chi connectivity index (χ3v) is 3.82. The molecule has 120 valence electrons. The number of rotatable bonds is 4. The van der Waals surface area contributed by atoms with Crippen molar-refractivity contribution >= 4 is 5.91 Å². The van der Waals surface area contributed by atoms with Crippen molar-refractivity contribution in [3.63, 3.8) is 0 Å². The van der Waals surface area contributed by atoms with Gasteiger partial charge in [0.2, 0.25) is 5.91 Å². The van der Waals surface area contributed by atoms with Gasteiger partial charge in [0.25, 0.3) is 0 Å². The predicted molar refractivity (Wildman–Crippen MR) is 88.3 cm³/mol. The van der Waals surface area contributed by atoms with E-state index in [9.17, 15) is 13.6 Å². The molecule has 2 nitrogen and oxygen atoms in total. The summed E-state index contributed by atoms with van der Waals surface area (Å²) >= 11 is 0. The lowest BCUT2D eigenvalue weighted by Gasteiger charge is -2.32. The molecule has 0 saturated carbocycles. The van der Waals surface area contributed by atoms with Gasteiger partial charge in [-0.2, -0.15) is 0 Å². The van der Waals surface area contributed by atoms with Crippen molar-refractivity contribution in [1.29, 1.82) is 0 Å². The molecular weight excluding hydrogens is 308 g/mol. The molecule has 0 heterocycles. The first kappa shape index (κ1) is 11.5. The lowest BCUT2D eigenvalue weighted by atomic mass is 9.69. The Kier molecular flexibility index (Phi) is 2.99. The van der Waals surface area contributed by atoms with Gasteiger partial charge in [-0.25, -0.2) is 8.78 Å². The number of hydrogen-bond donors (Lipinski definition) is 1. The molecule has 24 heavy (non-hydrogen) atoms. The average Bonchev–Trinajstić information content (AvgIpc) is 2.69. The van der Waals surface area contributed by atoms with Crippen molar-refractivity contribution in [2.75, 3.05) is 0 Å². The van der Waals surface area contributed by atoms with Crippen molar-refractivity contribution in [1.82, 2.24) is 0 Å². The van der Waals surface area contributed by atoms with Crippen LogP contribution in [0.2, 0.25) is 0 Å². The Hall–Kier alpha value is -3.01. The van der Waals surface area contributed by atoms with Gasteiger partial charge in [-0.1, -0.05) is 54.5 Å². The Morgan fingerprint density at radius 3 is 1.88 bits per heavy atom. The van der Waals surface area contributed by atoms with E-state index in [1.807, 2.05) is 0 Å². The quantitative estimate of drug-likeness (QED) is 0.728. The second-order valence-corrected chi connectivity index (χ2v) is 5.18. The maximum absolute atomic E-state index is 14.1. The van der Waals surface area contributed by atoms with Gasteiger partial charge < -0.3 is 5.73 Å². The number of primary amides is 1. The van der Waals surface area contributed by atoms with Crippen molar-refractivity contribution in [2.24, 2.45) is 5.73 Å². The van der Waals surface area contributed by atoms with Gasteiger partial charge >= 0.3 is 0 Å². The molecular formula is C20H15F2NO. The van der Waals surface area contributed by atoms with Crippen LogP contribution in [0.3, 0.4) is 0 Å². The highest BCUT2D eigenvalue weighted by Crippen LogP contribution is 2.39. The molecule has 4 heteroatoms. The minimum Gasteiger partial charge on any atom is -0.368 e. The predicted octanol–water partition coefficient (Wildman–Crippen LogP) is 3.78. The maximum Gasteiger partial charge on any atom is 0.237 e. The highest BCUT2D eigenvalue weighted by Gasteiger charge is 2.42. The van der Waals surface area contributed by atoms with E-state index >= 15 is 0 Å². The van der Waals surface area contributed by atoms with E-state index < -0.39 is 52.7 Å². The largest absolute Gasteiger partial charge is 0.368 e. The zero-order valence-corrected chi connectivity index (χ0v) is 12.4. The number of nitrogens with two attached hydrogens (primary N) is 1. The Labute approximate surface area is 144 Å². The smallest absolute Gasteiger partial charge is 0.237 e. The molecule has 1 atom stereocenters. The van der Waals surface area contributed by atoms with Gasteiger partial charge in [0.15, 0.2) is 0 Å². The molecule has 0 spiro atoms. The van der Waals surface area contributed by atoms with Crippen molar-refractivity contribution in [2.45, 2.75) is 5.41 Å². The Morgan fingerprint density at radius 2 is 1.33 bits per heavy atom. The summed E-state index contributed by atoms with van der Waals surface area (Å²) in [7, 11) is 0. The summed E-state index contributed by atoms with van der Waals surface area (Å²) in [5.74, 6) is -2.91. The molecule has 2 N–H and O–H groups in total. The van der Waals surface area contributed by atoms with Gasteiger partial charge in [0.1, 0.15) is 17.0 Å². The van der Waals surface area contributed by atoms with Gasteiger partial charge in [-0.3, -0.25) is 4.79 Å². The van der Waals surface area contributed by atoms with Crippen LogP contribution in [0, 0.1) is 11.6 Å². The van der Waals surface area contributed by atoms with Crippen molar-refractivity contribution in [3.05, 3.63) is 107 Å². The van der Waals surface area contributed by atoms with Crippen LogP contribution in [0.25, 0.3) is 0 Å². The van der Waals surface area contributed by atoms with Crippen LogP contribution in [0.4, 0.5) is 8.78 Å². The van der Waals surface area contributed by atoms with E-state index in [1.165, 1.54) is 24.3 Å². The van der Waals surface area contributed by atoms with Crippen LogP contribution in [0.1, 0.15) is 22.2 Å². The van der Waals surface area contributed by atoms with Crippen molar-refractivity contribution < 1.29 is 19.1 Å². The average molecular weight is 327 g/mol. The summed E-state index contributed by atoms with van der Waals surface area (Å²) in [6.07, 6.45) is 0. The Bertz CT molecular complexity index is 1030. The molecule has 0 saturated heterocycles. The van der Waals surface area contributed by atoms with E-state index in [0.29, 0.717) is 0 Å². The Balaban J connectivity index is 2.56. The number of amides is 1. The summed E-state index contributed by atoms with van der Waals surface area (Å²) in [6, 6.07) is 9.41. The van der Waals surface area contributed by atoms with Crippen LogP contribution < -0.4 is 5.73 Å². The third-order valence-electron chi connectivity index (χ3n) is 3.82. The molecule has 0 fully saturated rings. The standard InChI is InChI=1S/C20H15F2NO/c21-17-10-6-15(7-11-17)20(19(23)24,14-4-2-1-3-5-14)16-8-12-18(22)13-9-16/h1-13H,(H2,23,24)/i6D,7D,10D,11D. The monoisotopic (exact) mass is 327 g/mol. The molecule has 0 aliphatic carbocycles. The van der Waals surface area contributed by atoms with E-state index in [1.54, 1.807) is 18.2 Å². The van der Waals surface area contributed by atoms with Crippen LogP contribution in [0.15, 0.2) is 78.8 Å². The lowest BCUT2D eigenvalue weighted by molar-refractivity contribution is -0.120. The van der Waals surface area contributed by atoms with E-state index in [-0.39, 0.29) is 11.1 Å². The normalized spacial score (nSPS) is 15.6. The lowest BCUT2D eigenvalue weighted by Crippen LogP contribution is -2.43. The van der Waals surface area contributed by atoms with E-state index in [2.05, 4.69) is 0 Å². The molecule has 0 aromatic heterocycles. The topological polar surface area (TPSA) is 43.1 Å². The minimum atomic E-state index is -1.98. The van der Waals surface area contributed by atoms with Crippen LogP contribution in [-0.4, -0.2) is 5.91 Å². The second-order valence-electron chi connectivity index (χ2n) is 5.18. The second kappa shape index (κ2) is 6.24. The summed E-state index contributed by atoms with van der Waals surface area (Å²) in [5, 5.41) is 0. The highest BCUT2D eigenvalue weighted by molar-refractivity contribution is 5.95. The highest BCUT2D eigenvalue weighted by atomic mass is 19.1. The van der Waals surface area contributed by atoms with Crippen LogP contribution in [0.5, 0.6) is 0 Å². The molecule has 1 amide bonds. The first-order valence-electron chi connectivity index (χ1n) is 9.10. The van der Waals surface area contributed by atoms with Gasteiger partial charge in [-0.15, -0.1) is 0 Å². The van der Waals surface area contributed by atoms with Crippen molar-refractivity contribution in [3.8, 4) is 0 Å². The SMILES string of the molecule is [2H]c1c([2H])c(C(C(N)=O)(c2ccccc2)c2ccc(F)cc2)c([2H])c([2H])c1F. The summed E-state index contributed by atoms with van der Waals surface area (Å²) in [6.45, 7) is 0. The molecule has 3 rings (SSSR count). The number of carbonyl (C=O) groups is 1. The third kappa shape index (κ3) is 2.56. The van der Waals surface area contributed by atoms with Gasteiger partial charge in [0, 0.05) is 0 Å². The molecule has 3 aromatic rings. The first-order valence-corrected chi connectivity index (χ1v) is 7.10. The fraction of sp³-hybridized carbons (Fsp3) is 0.0500. The zero-order chi connectivity index (χ0) is 20.6. The Morgan fingerprint density at radius 1 is 0.792 bits per heavy atom.